The number of rotatable bonds is 4. The third kappa shape index (κ3) is 4.24. The highest BCUT2D eigenvalue weighted by Crippen LogP contribution is 2.24. The predicted octanol–water partition coefficient (Wildman–Crippen LogP) is 3.71. The van der Waals surface area contributed by atoms with E-state index in [1.807, 2.05) is 20.8 Å². The zero-order valence-electron chi connectivity index (χ0n) is 11.1. The molecule has 1 aromatic heterocycles. The molecule has 1 aromatic carbocycles. The first-order chi connectivity index (χ1) is 8.94. The second-order valence-corrected chi connectivity index (χ2v) is 6.13. The molecule has 0 bridgehead atoms. The summed E-state index contributed by atoms with van der Waals surface area (Å²) in [6.45, 7) is 6.01. The molecular formula is C13H16FN3OS. The molecular weight excluding hydrogens is 265 g/mol. The van der Waals surface area contributed by atoms with Crippen molar-refractivity contribution in [2.24, 2.45) is 0 Å². The summed E-state index contributed by atoms with van der Waals surface area (Å²) in [5, 5.41) is 6.94. The van der Waals surface area contributed by atoms with Crippen molar-refractivity contribution in [3.63, 3.8) is 0 Å². The lowest BCUT2D eigenvalue weighted by Crippen LogP contribution is -2.26. The minimum atomic E-state index is -0.232. The van der Waals surface area contributed by atoms with Crippen LogP contribution in [0.25, 0.3) is 0 Å². The lowest BCUT2D eigenvalue weighted by atomic mass is 10.1. The molecule has 0 radical (unpaired) electrons. The van der Waals surface area contributed by atoms with Crippen molar-refractivity contribution >= 4 is 17.8 Å². The third-order valence-electron chi connectivity index (χ3n) is 2.14. The van der Waals surface area contributed by atoms with Gasteiger partial charge in [0, 0.05) is 10.4 Å². The van der Waals surface area contributed by atoms with Gasteiger partial charge in [-0.1, -0.05) is 17.3 Å². The Labute approximate surface area is 115 Å². The maximum Gasteiger partial charge on any atom is 0.321 e. The van der Waals surface area contributed by atoms with Crippen LogP contribution in [0, 0.1) is 5.82 Å². The maximum atomic E-state index is 13.4. The average Bonchev–Trinajstić information content (AvgIpc) is 2.73. The van der Waals surface area contributed by atoms with Gasteiger partial charge in [0.15, 0.2) is 5.82 Å². The van der Waals surface area contributed by atoms with Crippen LogP contribution in [0.2, 0.25) is 0 Å². The number of anilines is 1. The van der Waals surface area contributed by atoms with Gasteiger partial charge in [0.25, 0.3) is 0 Å². The van der Waals surface area contributed by atoms with Crippen molar-refractivity contribution in [2.75, 3.05) is 5.32 Å². The standard InChI is InChI=1S/C13H16FN3OS/c1-13(2,3)16-12-15-11(17-18-12)8-19-10-7-5-4-6-9(10)14/h4-7H,8H2,1-3H3,(H,15,16,17). The van der Waals surface area contributed by atoms with Gasteiger partial charge in [-0.25, -0.2) is 4.39 Å². The molecule has 1 N–H and O–H groups in total. The van der Waals surface area contributed by atoms with Crippen LogP contribution in [0.5, 0.6) is 0 Å². The fraction of sp³-hybridized carbons (Fsp3) is 0.385. The van der Waals surface area contributed by atoms with E-state index in [0.29, 0.717) is 22.5 Å². The predicted molar refractivity (Wildman–Crippen MR) is 73.6 cm³/mol. The Kier molecular flexibility index (Phi) is 4.09. The second kappa shape index (κ2) is 5.61. The molecule has 0 aliphatic rings. The van der Waals surface area contributed by atoms with Gasteiger partial charge < -0.3 is 9.84 Å². The van der Waals surface area contributed by atoms with Crippen LogP contribution >= 0.6 is 11.8 Å². The maximum absolute atomic E-state index is 13.4. The lowest BCUT2D eigenvalue weighted by Gasteiger charge is -2.17. The normalized spacial score (nSPS) is 11.6. The summed E-state index contributed by atoms with van der Waals surface area (Å²) in [5.41, 5.74) is -0.136. The Morgan fingerprint density at radius 1 is 1.32 bits per heavy atom. The first kappa shape index (κ1) is 13.9. The summed E-state index contributed by atoms with van der Waals surface area (Å²) < 4.78 is 18.5. The summed E-state index contributed by atoms with van der Waals surface area (Å²) >= 11 is 1.34. The highest BCUT2D eigenvalue weighted by Gasteiger charge is 2.14. The quantitative estimate of drug-likeness (QED) is 0.866. The first-order valence-electron chi connectivity index (χ1n) is 5.92. The summed E-state index contributed by atoms with van der Waals surface area (Å²) in [5.74, 6) is 0.778. The van der Waals surface area contributed by atoms with Crippen LogP contribution in [0.1, 0.15) is 26.6 Å². The van der Waals surface area contributed by atoms with Crippen LogP contribution in [-0.4, -0.2) is 15.7 Å². The molecule has 19 heavy (non-hydrogen) atoms. The fourth-order valence-electron chi connectivity index (χ4n) is 1.39. The molecule has 2 rings (SSSR count). The van der Waals surface area contributed by atoms with Crippen molar-refractivity contribution in [3.8, 4) is 0 Å². The highest BCUT2D eigenvalue weighted by atomic mass is 32.2. The van der Waals surface area contributed by atoms with Gasteiger partial charge in [0.1, 0.15) is 5.82 Å². The van der Waals surface area contributed by atoms with Gasteiger partial charge >= 0.3 is 6.01 Å². The van der Waals surface area contributed by atoms with Crippen LogP contribution < -0.4 is 5.32 Å². The zero-order valence-corrected chi connectivity index (χ0v) is 11.9. The number of benzene rings is 1. The Balaban J connectivity index is 1.96. The largest absolute Gasteiger partial charge is 0.333 e. The molecule has 0 unspecified atom stereocenters. The molecule has 0 aliphatic heterocycles. The molecule has 1 heterocycles. The van der Waals surface area contributed by atoms with Crippen molar-refractivity contribution in [1.29, 1.82) is 0 Å². The zero-order chi connectivity index (χ0) is 13.9. The van der Waals surface area contributed by atoms with E-state index in [-0.39, 0.29) is 11.4 Å². The molecule has 102 valence electrons. The first-order valence-corrected chi connectivity index (χ1v) is 6.91. The topological polar surface area (TPSA) is 51.0 Å². The number of hydrogen-bond acceptors (Lipinski definition) is 5. The van der Waals surface area contributed by atoms with Crippen LogP contribution in [0.4, 0.5) is 10.4 Å². The Morgan fingerprint density at radius 3 is 2.74 bits per heavy atom. The minimum absolute atomic E-state index is 0.136. The molecule has 0 saturated heterocycles. The van der Waals surface area contributed by atoms with E-state index in [1.54, 1.807) is 18.2 Å². The molecule has 0 saturated carbocycles. The Bertz CT molecular complexity index is 551. The van der Waals surface area contributed by atoms with Gasteiger partial charge in [0.05, 0.1) is 5.75 Å². The number of nitrogens with one attached hydrogen (secondary N) is 1. The van der Waals surface area contributed by atoms with E-state index in [4.69, 9.17) is 4.52 Å². The van der Waals surface area contributed by atoms with Crippen molar-refractivity contribution < 1.29 is 8.91 Å². The second-order valence-electron chi connectivity index (χ2n) is 5.11. The summed E-state index contributed by atoms with van der Waals surface area (Å²) in [6.07, 6.45) is 0. The van der Waals surface area contributed by atoms with Gasteiger partial charge in [-0.05, 0) is 32.9 Å². The number of hydrogen-bond donors (Lipinski definition) is 1. The van der Waals surface area contributed by atoms with Crippen molar-refractivity contribution in [1.82, 2.24) is 10.1 Å². The van der Waals surface area contributed by atoms with Gasteiger partial charge in [-0.2, -0.15) is 4.98 Å². The third-order valence-corrected chi connectivity index (χ3v) is 3.19. The van der Waals surface area contributed by atoms with E-state index in [1.165, 1.54) is 17.8 Å². The van der Waals surface area contributed by atoms with E-state index in [2.05, 4.69) is 15.5 Å². The summed E-state index contributed by atoms with van der Waals surface area (Å²) in [6, 6.07) is 7.02. The van der Waals surface area contributed by atoms with E-state index >= 15 is 0 Å². The summed E-state index contributed by atoms with van der Waals surface area (Å²) in [7, 11) is 0. The van der Waals surface area contributed by atoms with Crippen molar-refractivity contribution in [3.05, 3.63) is 35.9 Å². The van der Waals surface area contributed by atoms with Gasteiger partial charge in [-0.3, -0.25) is 0 Å². The number of aromatic nitrogens is 2. The number of halogens is 1. The monoisotopic (exact) mass is 281 g/mol. The van der Waals surface area contributed by atoms with Gasteiger partial charge in [-0.15, -0.1) is 11.8 Å². The molecule has 2 aromatic rings. The van der Waals surface area contributed by atoms with Gasteiger partial charge in [0.2, 0.25) is 0 Å². The van der Waals surface area contributed by atoms with Crippen LogP contribution in [-0.2, 0) is 5.75 Å². The Hall–Kier alpha value is -1.56. The van der Waals surface area contributed by atoms with E-state index in [9.17, 15) is 4.39 Å². The Morgan fingerprint density at radius 2 is 2.05 bits per heavy atom. The lowest BCUT2D eigenvalue weighted by molar-refractivity contribution is 0.414. The van der Waals surface area contributed by atoms with Crippen molar-refractivity contribution in [2.45, 2.75) is 37.0 Å². The SMILES string of the molecule is CC(C)(C)Nc1nc(CSc2ccccc2F)no1. The molecule has 0 fully saturated rings. The molecule has 0 aliphatic carbocycles. The van der Waals surface area contributed by atoms with E-state index < -0.39 is 0 Å². The highest BCUT2D eigenvalue weighted by molar-refractivity contribution is 7.98. The average molecular weight is 281 g/mol. The minimum Gasteiger partial charge on any atom is -0.333 e. The fourth-order valence-corrected chi connectivity index (χ4v) is 2.17. The number of thioether (sulfide) groups is 1. The molecule has 4 nitrogen and oxygen atoms in total. The molecule has 0 spiro atoms. The van der Waals surface area contributed by atoms with Crippen LogP contribution in [0.3, 0.4) is 0 Å². The van der Waals surface area contributed by atoms with E-state index in [0.717, 1.165) is 0 Å². The number of nitrogens with zero attached hydrogens (tertiary/aromatic N) is 2. The smallest absolute Gasteiger partial charge is 0.321 e. The molecule has 0 atom stereocenters. The molecule has 6 heteroatoms. The van der Waals surface area contributed by atoms with Crippen LogP contribution in [0.15, 0.2) is 33.7 Å². The summed E-state index contributed by atoms with van der Waals surface area (Å²) in [4.78, 5) is 4.79. The molecule has 0 amide bonds.